The van der Waals surface area contributed by atoms with Crippen LogP contribution in [0.3, 0.4) is 0 Å². The first-order valence-electron chi connectivity index (χ1n) is 5.96. The molecule has 0 bridgehead atoms. The molecule has 5 nitrogen and oxygen atoms in total. The summed E-state index contributed by atoms with van der Waals surface area (Å²) in [4.78, 5) is 12.6. The molecule has 1 N–H and O–H groups in total. The molecule has 0 unspecified atom stereocenters. The quantitative estimate of drug-likeness (QED) is 0.883. The van der Waals surface area contributed by atoms with Crippen LogP contribution < -0.4 is 5.32 Å². The van der Waals surface area contributed by atoms with Crippen LogP contribution in [0.2, 0.25) is 0 Å². The van der Waals surface area contributed by atoms with E-state index in [1.54, 1.807) is 0 Å². The highest BCUT2D eigenvalue weighted by Gasteiger charge is 2.25. The molecule has 0 aromatic carbocycles. The standard InChI is InChI=1S/C11H17N3O2S/c1-3-8-10(17-14-13-8)11(15)12-7(2)9-5-4-6-16-9/h7,9H,3-6H2,1-2H3,(H,12,15)/t7-,9+/m0/s1. The SMILES string of the molecule is CCc1nnsc1C(=O)N[C@@H](C)[C@H]1CCCO1. The lowest BCUT2D eigenvalue weighted by Crippen LogP contribution is -2.40. The van der Waals surface area contributed by atoms with Crippen molar-refractivity contribution in [2.75, 3.05) is 6.61 Å². The Morgan fingerprint density at radius 1 is 1.71 bits per heavy atom. The van der Waals surface area contributed by atoms with E-state index in [-0.39, 0.29) is 18.1 Å². The summed E-state index contributed by atoms with van der Waals surface area (Å²) in [5, 5.41) is 6.90. The molecule has 1 aromatic heterocycles. The van der Waals surface area contributed by atoms with Gasteiger partial charge in [0.15, 0.2) is 0 Å². The Labute approximate surface area is 105 Å². The van der Waals surface area contributed by atoms with Crippen molar-refractivity contribution < 1.29 is 9.53 Å². The van der Waals surface area contributed by atoms with Crippen molar-refractivity contribution in [2.24, 2.45) is 0 Å². The number of aromatic nitrogens is 2. The first-order chi connectivity index (χ1) is 8.22. The smallest absolute Gasteiger partial charge is 0.265 e. The van der Waals surface area contributed by atoms with E-state index in [1.165, 1.54) is 0 Å². The highest BCUT2D eigenvalue weighted by atomic mass is 32.1. The van der Waals surface area contributed by atoms with Crippen molar-refractivity contribution in [2.45, 2.75) is 45.3 Å². The molecule has 1 aromatic rings. The van der Waals surface area contributed by atoms with Gasteiger partial charge in [-0.3, -0.25) is 4.79 Å². The van der Waals surface area contributed by atoms with Gasteiger partial charge in [-0.15, -0.1) is 5.10 Å². The molecule has 0 aliphatic carbocycles. The Morgan fingerprint density at radius 2 is 2.53 bits per heavy atom. The number of aryl methyl sites for hydroxylation is 1. The van der Waals surface area contributed by atoms with Crippen LogP contribution >= 0.6 is 11.5 Å². The maximum absolute atomic E-state index is 12.0. The molecule has 2 heterocycles. The Kier molecular flexibility index (Phi) is 4.06. The van der Waals surface area contributed by atoms with Gasteiger partial charge in [0, 0.05) is 6.61 Å². The number of carbonyl (C=O) groups excluding carboxylic acids is 1. The van der Waals surface area contributed by atoms with Gasteiger partial charge in [0.2, 0.25) is 0 Å². The number of ether oxygens (including phenoxy) is 1. The van der Waals surface area contributed by atoms with Crippen molar-refractivity contribution in [3.05, 3.63) is 10.6 Å². The summed E-state index contributed by atoms with van der Waals surface area (Å²) in [5.41, 5.74) is 0.770. The molecule has 0 spiro atoms. The maximum Gasteiger partial charge on any atom is 0.265 e. The van der Waals surface area contributed by atoms with Crippen LogP contribution in [-0.2, 0) is 11.2 Å². The topological polar surface area (TPSA) is 64.1 Å². The van der Waals surface area contributed by atoms with E-state index in [0.29, 0.717) is 4.88 Å². The molecule has 1 aliphatic rings. The van der Waals surface area contributed by atoms with Gasteiger partial charge >= 0.3 is 0 Å². The number of amides is 1. The van der Waals surface area contributed by atoms with E-state index in [4.69, 9.17) is 4.74 Å². The van der Waals surface area contributed by atoms with E-state index in [2.05, 4.69) is 14.9 Å². The molecule has 0 radical (unpaired) electrons. The third-order valence-electron chi connectivity index (χ3n) is 2.98. The summed E-state index contributed by atoms with van der Waals surface area (Å²) in [6.45, 7) is 4.75. The minimum atomic E-state index is -0.0835. The maximum atomic E-state index is 12.0. The van der Waals surface area contributed by atoms with E-state index in [0.717, 1.165) is 43.1 Å². The van der Waals surface area contributed by atoms with Crippen LogP contribution in [0, 0.1) is 0 Å². The summed E-state index contributed by atoms with van der Waals surface area (Å²) in [6.07, 6.45) is 2.97. The summed E-state index contributed by atoms with van der Waals surface area (Å²) in [6, 6.07) is 0.0387. The molecule has 1 amide bonds. The second kappa shape index (κ2) is 5.55. The average molecular weight is 255 g/mol. The van der Waals surface area contributed by atoms with Crippen LogP contribution in [0.25, 0.3) is 0 Å². The summed E-state index contributed by atoms with van der Waals surface area (Å²) in [7, 11) is 0. The van der Waals surface area contributed by atoms with Crippen LogP contribution in [0.15, 0.2) is 0 Å². The number of rotatable bonds is 4. The van der Waals surface area contributed by atoms with Gasteiger partial charge in [0.1, 0.15) is 4.88 Å². The normalized spacial score (nSPS) is 21.4. The van der Waals surface area contributed by atoms with Gasteiger partial charge in [0.05, 0.1) is 17.8 Å². The summed E-state index contributed by atoms with van der Waals surface area (Å²) in [5.74, 6) is -0.0835. The number of nitrogens with one attached hydrogen (secondary N) is 1. The second-order valence-corrected chi connectivity index (χ2v) is 4.97. The lowest BCUT2D eigenvalue weighted by atomic mass is 10.1. The van der Waals surface area contributed by atoms with Gasteiger partial charge in [-0.1, -0.05) is 11.4 Å². The van der Waals surface area contributed by atoms with Crippen molar-refractivity contribution in [3.8, 4) is 0 Å². The Morgan fingerprint density at radius 3 is 3.18 bits per heavy atom. The average Bonchev–Trinajstić information content (AvgIpc) is 2.99. The zero-order valence-corrected chi connectivity index (χ0v) is 10.9. The van der Waals surface area contributed by atoms with Crippen molar-refractivity contribution in [3.63, 3.8) is 0 Å². The fourth-order valence-electron chi connectivity index (χ4n) is 1.97. The minimum Gasteiger partial charge on any atom is -0.376 e. The molecular weight excluding hydrogens is 238 g/mol. The number of hydrogen-bond donors (Lipinski definition) is 1. The van der Waals surface area contributed by atoms with Crippen molar-refractivity contribution in [1.82, 2.24) is 14.9 Å². The predicted octanol–water partition coefficient (Wildman–Crippen LogP) is 1.40. The molecule has 94 valence electrons. The predicted molar refractivity (Wildman–Crippen MR) is 65.2 cm³/mol. The largest absolute Gasteiger partial charge is 0.376 e. The zero-order valence-electron chi connectivity index (χ0n) is 10.1. The Bertz CT molecular complexity index is 388. The fourth-order valence-corrected chi connectivity index (χ4v) is 2.63. The minimum absolute atomic E-state index is 0.0387. The summed E-state index contributed by atoms with van der Waals surface area (Å²) >= 11 is 1.15. The van der Waals surface area contributed by atoms with Gasteiger partial charge < -0.3 is 10.1 Å². The molecule has 6 heteroatoms. The first-order valence-corrected chi connectivity index (χ1v) is 6.73. The van der Waals surface area contributed by atoms with Crippen LogP contribution in [-0.4, -0.2) is 34.2 Å². The molecular formula is C11H17N3O2S. The van der Waals surface area contributed by atoms with E-state index in [9.17, 15) is 4.79 Å². The lowest BCUT2D eigenvalue weighted by Gasteiger charge is -2.19. The van der Waals surface area contributed by atoms with Crippen LogP contribution in [0.5, 0.6) is 0 Å². The third kappa shape index (κ3) is 2.81. The molecule has 2 rings (SSSR count). The number of hydrogen-bond acceptors (Lipinski definition) is 5. The van der Waals surface area contributed by atoms with E-state index < -0.39 is 0 Å². The van der Waals surface area contributed by atoms with Crippen molar-refractivity contribution in [1.29, 1.82) is 0 Å². The zero-order chi connectivity index (χ0) is 12.3. The molecule has 17 heavy (non-hydrogen) atoms. The molecule has 0 saturated carbocycles. The van der Waals surface area contributed by atoms with E-state index >= 15 is 0 Å². The van der Waals surface area contributed by atoms with Gasteiger partial charge in [0.25, 0.3) is 5.91 Å². The highest BCUT2D eigenvalue weighted by Crippen LogP contribution is 2.17. The van der Waals surface area contributed by atoms with Crippen LogP contribution in [0.1, 0.15) is 42.1 Å². The third-order valence-corrected chi connectivity index (χ3v) is 3.75. The van der Waals surface area contributed by atoms with Crippen LogP contribution in [0.4, 0.5) is 0 Å². The fraction of sp³-hybridized carbons (Fsp3) is 0.727. The molecule has 1 saturated heterocycles. The van der Waals surface area contributed by atoms with Gasteiger partial charge in [-0.25, -0.2) is 0 Å². The van der Waals surface area contributed by atoms with Gasteiger partial charge in [-0.05, 0) is 37.7 Å². The Hall–Kier alpha value is -1.01. The molecule has 1 fully saturated rings. The van der Waals surface area contributed by atoms with E-state index in [1.807, 2.05) is 13.8 Å². The second-order valence-electron chi connectivity index (χ2n) is 4.22. The Balaban J connectivity index is 1.96. The van der Waals surface area contributed by atoms with Crippen molar-refractivity contribution >= 4 is 17.4 Å². The monoisotopic (exact) mass is 255 g/mol. The lowest BCUT2D eigenvalue weighted by molar-refractivity contribution is 0.0714. The highest BCUT2D eigenvalue weighted by molar-refractivity contribution is 7.08. The molecule has 1 aliphatic heterocycles. The van der Waals surface area contributed by atoms with Gasteiger partial charge in [-0.2, -0.15) is 0 Å². The first kappa shape index (κ1) is 12.4. The summed E-state index contributed by atoms with van der Waals surface area (Å²) < 4.78 is 9.37. The number of carbonyl (C=O) groups is 1. The number of nitrogens with zero attached hydrogens (tertiary/aromatic N) is 2. The molecule has 2 atom stereocenters.